The van der Waals surface area contributed by atoms with Crippen molar-refractivity contribution in [2.24, 2.45) is 5.92 Å². The number of benzene rings is 1. The van der Waals surface area contributed by atoms with Crippen molar-refractivity contribution < 1.29 is 13.9 Å². The van der Waals surface area contributed by atoms with Crippen LogP contribution in [0.4, 0.5) is 10.1 Å². The van der Waals surface area contributed by atoms with E-state index in [1.54, 1.807) is 0 Å². The van der Waals surface area contributed by atoms with Gasteiger partial charge in [0.25, 0.3) is 0 Å². The summed E-state index contributed by atoms with van der Waals surface area (Å²) in [6, 6.07) is 4.17. The molecule has 2 N–H and O–H groups in total. The Morgan fingerprint density at radius 1 is 1.42 bits per heavy atom. The maximum atomic E-state index is 13.5. The molecule has 0 bridgehead atoms. The molecule has 0 spiro atoms. The first-order chi connectivity index (χ1) is 9.10. The molecule has 1 rings (SSSR count). The van der Waals surface area contributed by atoms with Crippen molar-refractivity contribution in [3.05, 3.63) is 29.6 Å². The molecule has 0 heterocycles. The number of hydrogen-bond donors (Lipinski definition) is 1. The maximum absolute atomic E-state index is 13.5. The molecule has 0 fully saturated rings. The molecule has 19 heavy (non-hydrogen) atoms. The van der Waals surface area contributed by atoms with E-state index in [0.717, 1.165) is 25.7 Å². The molecule has 1 atom stereocenters. The van der Waals surface area contributed by atoms with Crippen LogP contribution in [0.15, 0.2) is 18.2 Å². The first-order valence-electron chi connectivity index (χ1n) is 6.81. The van der Waals surface area contributed by atoms with Gasteiger partial charge in [-0.2, -0.15) is 0 Å². The lowest BCUT2D eigenvalue weighted by Gasteiger charge is -2.15. The number of unbranched alkanes of at least 4 members (excludes halogenated alkanes) is 1. The van der Waals surface area contributed by atoms with Crippen LogP contribution < -0.4 is 5.73 Å². The van der Waals surface area contributed by atoms with Crippen LogP contribution in [0.2, 0.25) is 0 Å². The zero-order valence-corrected chi connectivity index (χ0v) is 11.6. The molecule has 0 aromatic heterocycles. The van der Waals surface area contributed by atoms with Crippen molar-refractivity contribution in [1.82, 2.24) is 0 Å². The van der Waals surface area contributed by atoms with Gasteiger partial charge in [-0.3, -0.25) is 0 Å². The summed E-state index contributed by atoms with van der Waals surface area (Å²) in [4.78, 5) is 11.8. The highest BCUT2D eigenvalue weighted by Crippen LogP contribution is 2.18. The van der Waals surface area contributed by atoms with E-state index in [4.69, 9.17) is 10.5 Å². The summed E-state index contributed by atoms with van der Waals surface area (Å²) in [7, 11) is 0. The third-order valence-electron chi connectivity index (χ3n) is 3.24. The molecule has 0 aliphatic carbocycles. The summed E-state index contributed by atoms with van der Waals surface area (Å²) in [5.41, 5.74) is 5.56. The number of esters is 1. The van der Waals surface area contributed by atoms with Crippen LogP contribution in [0.25, 0.3) is 0 Å². The molecule has 0 saturated heterocycles. The standard InChI is InChI=1S/C15H22FNO2/c1-3-5-7-11(4-2)10-19-15(18)14-12(16)8-6-9-13(14)17/h6,8-9,11H,3-5,7,10,17H2,1-2H3. The number of rotatable bonds is 7. The third-order valence-corrected chi connectivity index (χ3v) is 3.24. The number of nitrogens with two attached hydrogens (primary N) is 1. The minimum Gasteiger partial charge on any atom is -0.462 e. The molecule has 4 heteroatoms. The molecule has 1 aromatic carbocycles. The van der Waals surface area contributed by atoms with Gasteiger partial charge in [-0.1, -0.05) is 39.2 Å². The van der Waals surface area contributed by atoms with Crippen molar-refractivity contribution in [2.75, 3.05) is 12.3 Å². The van der Waals surface area contributed by atoms with Gasteiger partial charge in [0, 0.05) is 5.69 Å². The van der Waals surface area contributed by atoms with Crippen molar-refractivity contribution in [3.63, 3.8) is 0 Å². The summed E-state index contributed by atoms with van der Waals surface area (Å²) in [6.07, 6.45) is 4.19. The summed E-state index contributed by atoms with van der Waals surface area (Å²) < 4.78 is 18.7. The van der Waals surface area contributed by atoms with E-state index in [9.17, 15) is 9.18 Å². The highest BCUT2D eigenvalue weighted by Gasteiger charge is 2.18. The van der Waals surface area contributed by atoms with Gasteiger partial charge in [0.05, 0.1) is 6.61 Å². The number of anilines is 1. The largest absolute Gasteiger partial charge is 0.462 e. The molecule has 1 unspecified atom stereocenters. The lowest BCUT2D eigenvalue weighted by Crippen LogP contribution is -2.16. The van der Waals surface area contributed by atoms with Gasteiger partial charge in [0.2, 0.25) is 0 Å². The Kier molecular flexibility index (Phi) is 6.33. The number of carbonyl (C=O) groups excluding carboxylic acids is 1. The van der Waals surface area contributed by atoms with Gasteiger partial charge in [-0.05, 0) is 24.5 Å². The Hall–Kier alpha value is -1.58. The summed E-state index contributed by atoms with van der Waals surface area (Å²) >= 11 is 0. The molecule has 0 saturated carbocycles. The van der Waals surface area contributed by atoms with Crippen LogP contribution in [0, 0.1) is 11.7 Å². The topological polar surface area (TPSA) is 52.3 Å². The second kappa shape index (κ2) is 7.77. The van der Waals surface area contributed by atoms with Crippen LogP contribution in [0.3, 0.4) is 0 Å². The Bertz CT molecular complexity index is 400. The minimum absolute atomic E-state index is 0.117. The summed E-state index contributed by atoms with van der Waals surface area (Å²) in [6.45, 7) is 4.51. The Balaban J connectivity index is 2.59. The summed E-state index contributed by atoms with van der Waals surface area (Å²) in [5.74, 6) is -0.978. The number of nitrogen functional groups attached to an aromatic ring is 1. The second-order valence-electron chi connectivity index (χ2n) is 4.72. The fourth-order valence-electron chi connectivity index (χ4n) is 1.92. The van der Waals surface area contributed by atoms with Crippen LogP contribution >= 0.6 is 0 Å². The Labute approximate surface area is 113 Å². The van der Waals surface area contributed by atoms with E-state index in [2.05, 4.69) is 13.8 Å². The van der Waals surface area contributed by atoms with Crippen LogP contribution in [-0.2, 0) is 4.74 Å². The molecule has 106 valence electrons. The van der Waals surface area contributed by atoms with Crippen molar-refractivity contribution in [2.45, 2.75) is 39.5 Å². The molecular formula is C15H22FNO2. The highest BCUT2D eigenvalue weighted by atomic mass is 19.1. The van der Waals surface area contributed by atoms with E-state index in [-0.39, 0.29) is 11.3 Å². The van der Waals surface area contributed by atoms with Gasteiger partial charge < -0.3 is 10.5 Å². The molecule has 0 aliphatic rings. The fraction of sp³-hybridized carbons (Fsp3) is 0.533. The molecule has 0 amide bonds. The van der Waals surface area contributed by atoms with Crippen LogP contribution in [-0.4, -0.2) is 12.6 Å². The quantitative estimate of drug-likeness (QED) is 0.604. The average molecular weight is 267 g/mol. The van der Waals surface area contributed by atoms with E-state index in [1.165, 1.54) is 18.2 Å². The van der Waals surface area contributed by atoms with Crippen LogP contribution in [0.1, 0.15) is 49.9 Å². The van der Waals surface area contributed by atoms with Crippen molar-refractivity contribution in [3.8, 4) is 0 Å². The van der Waals surface area contributed by atoms with Gasteiger partial charge in [0.15, 0.2) is 0 Å². The monoisotopic (exact) mass is 267 g/mol. The molecule has 0 aliphatic heterocycles. The van der Waals surface area contributed by atoms with Gasteiger partial charge in [0.1, 0.15) is 11.4 Å². The SMILES string of the molecule is CCCCC(CC)COC(=O)c1c(N)cccc1F. The average Bonchev–Trinajstić information content (AvgIpc) is 2.38. The molecular weight excluding hydrogens is 245 g/mol. The van der Waals surface area contributed by atoms with Crippen LogP contribution in [0.5, 0.6) is 0 Å². The van der Waals surface area contributed by atoms with E-state index >= 15 is 0 Å². The highest BCUT2D eigenvalue weighted by molar-refractivity contribution is 5.95. The fourth-order valence-corrected chi connectivity index (χ4v) is 1.92. The van der Waals surface area contributed by atoms with E-state index in [0.29, 0.717) is 12.5 Å². The lowest BCUT2D eigenvalue weighted by molar-refractivity contribution is 0.0424. The predicted molar refractivity (Wildman–Crippen MR) is 74.4 cm³/mol. The Morgan fingerprint density at radius 2 is 2.16 bits per heavy atom. The first-order valence-corrected chi connectivity index (χ1v) is 6.81. The molecule has 0 radical (unpaired) electrons. The summed E-state index contributed by atoms with van der Waals surface area (Å²) in [5, 5.41) is 0. The minimum atomic E-state index is -0.675. The van der Waals surface area contributed by atoms with Crippen molar-refractivity contribution >= 4 is 11.7 Å². The smallest absolute Gasteiger partial charge is 0.343 e. The zero-order chi connectivity index (χ0) is 14.3. The van der Waals surface area contributed by atoms with Gasteiger partial charge in [-0.15, -0.1) is 0 Å². The number of hydrogen-bond acceptors (Lipinski definition) is 3. The zero-order valence-electron chi connectivity index (χ0n) is 11.6. The van der Waals surface area contributed by atoms with Gasteiger partial charge >= 0.3 is 5.97 Å². The predicted octanol–water partition coefficient (Wildman–Crippen LogP) is 3.78. The maximum Gasteiger partial charge on any atom is 0.343 e. The number of carbonyl (C=O) groups is 1. The van der Waals surface area contributed by atoms with E-state index < -0.39 is 11.8 Å². The second-order valence-corrected chi connectivity index (χ2v) is 4.72. The van der Waals surface area contributed by atoms with Gasteiger partial charge in [-0.25, -0.2) is 9.18 Å². The number of halogens is 1. The van der Waals surface area contributed by atoms with E-state index in [1.807, 2.05) is 0 Å². The molecule has 1 aromatic rings. The lowest BCUT2D eigenvalue weighted by atomic mass is 10.0. The normalized spacial score (nSPS) is 12.2. The van der Waals surface area contributed by atoms with Crippen molar-refractivity contribution in [1.29, 1.82) is 0 Å². The third kappa shape index (κ3) is 4.54. The molecule has 3 nitrogen and oxygen atoms in total. The Morgan fingerprint density at radius 3 is 2.74 bits per heavy atom. The first kappa shape index (κ1) is 15.5. The number of ether oxygens (including phenoxy) is 1.